The molecule has 0 saturated carbocycles. The molecule has 38 heavy (non-hydrogen) atoms. The highest BCUT2D eigenvalue weighted by Crippen LogP contribution is 2.30. The Balaban J connectivity index is 1.62. The second-order valence-electron chi connectivity index (χ2n) is 9.24. The van der Waals surface area contributed by atoms with Crippen LogP contribution in [0.2, 0.25) is 0 Å². The van der Waals surface area contributed by atoms with Crippen LogP contribution in [0, 0.1) is 6.92 Å². The van der Waals surface area contributed by atoms with Gasteiger partial charge in [-0.3, -0.25) is 14.4 Å². The van der Waals surface area contributed by atoms with Crippen molar-refractivity contribution in [2.45, 2.75) is 44.2 Å². The third kappa shape index (κ3) is 5.78. The fourth-order valence-electron chi connectivity index (χ4n) is 4.65. The number of carbonyl (C=O) groups excluding carboxylic acids is 3. The second kappa shape index (κ2) is 11.6. The molecule has 0 spiro atoms. The molecule has 1 N–H and O–H groups in total. The Morgan fingerprint density at radius 1 is 0.947 bits per heavy atom. The normalized spacial score (nSPS) is 14.6. The molecule has 3 amide bonds. The van der Waals surface area contributed by atoms with Crippen LogP contribution >= 0.6 is 0 Å². The molecule has 1 aliphatic rings. The van der Waals surface area contributed by atoms with Gasteiger partial charge in [-0.1, -0.05) is 72.3 Å². The number of aryl methyl sites for hydroxylation is 1. The van der Waals surface area contributed by atoms with Crippen molar-refractivity contribution in [3.05, 3.63) is 101 Å². The van der Waals surface area contributed by atoms with Crippen LogP contribution in [0.15, 0.2) is 83.8 Å². The number of rotatable bonds is 10. The molecule has 8 nitrogen and oxygen atoms in total. The number of hydrogen-bond acceptors (Lipinski definition) is 5. The van der Waals surface area contributed by atoms with Gasteiger partial charge in [0.2, 0.25) is 11.8 Å². The van der Waals surface area contributed by atoms with Crippen molar-refractivity contribution in [2.75, 3.05) is 13.1 Å². The van der Waals surface area contributed by atoms with Crippen LogP contribution in [0.5, 0.6) is 0 Å². The summed E-state index contributed by atoms with van der Waals surface area (Å²) in [6.07, 6.45) is 0.0338. The molecule has 0 aliphatic carbocycles. The molecule has 1 atom stereocenters. The van der Waals surface area contributed by atoms with Crippen molar-refractivity contribution < 1.29 is 22.8 Å². The van der Waals surface area contributed by atoms with Crippen molar-refractivity contribution in [2.24, 2.45) is 0 Å². The zero-order valence-corrected chi connectivity index (χ0v) is 22.3. The lowest BCUT2D eigenvalue weighted by Gasteiger charge is -2.32. The largest absolute Gasteiger partial charge is 0.355 e. The molecule has 0 bridgehead atoms. The van der Waals surface area contributed by atoms with Gasteiger partial charge >= 0.3 is 0 Å². The SMILES string of the molecule is CCNC(=O)C(Cc1ccccc1)N(Cc1cccc(C)c1)C(=O)CCN1C(=O)c2ccccc2S1(=O)=O. The number of hydrogen-bond donors (Lipinski definition) is 1. The molecule has 1 unspecified atom stereocenters. The highest BCUT2D eigenvalue weighted by Gasteiger charge is 2.41. The van der Waals surface area contributed by atoms with Crippen LogP contribution in [0.3, 0.4) is 0 Å². The van der Waals surface area contributed by atoms with Crippen molar-refractivity contribution in [1.29, 1.82) is 0 Å². The molecule has 9 heteroatoms. The van der Waals surface area contributed by atoms with Crippen molar-refractivity contribution >= 4 is 27.7 Å². The second-order valence-corrected chi connectivity index (χ2v) is 11.1. The summed E-state index contributed by atoms with van der Waals surface area (Å²) in [5, 5.41) is 2.83. The van der Waals surface area contributed by atoms with Crippen LogP contribution < -0.4 is 5.32 Å². The van der Waals surface area contributed by atoms with E-state index in [9.17, 15) is 22.8 Å². The standard InChI is InChI=1S/C29H31N3O5S/c1-3-30-28(34)25(19-22-11-5-4-6-12-22)31(20-23-13-9-10-21(2)18-23)27(33)16-17-32-29(35)24-14-7-8-15-26(24)38(32,36)37/h4-15,18,25H,3,16-17,19-20H2,1-2H3,(H,30,34). The predicted octanol–water partition coefficient (Wildman–Crippen LogP) is 3.31. The molecule has 0 radical (unpaired) electrons. The highest BCUT2D eigenvalue weighted by atomic mass is 32.2. The predicted molar refractivity (Wildman–Crippen MR) is 144 cm³/mol. The minimum atomic E-state index is -4.04. The minimum absolute atomic E-state index is 0.0571. The summed E-state index contributed by atoms with van der Waals surface area (Å²) in [6.45, 7) is 4.01. The number of fused-ring (bicyclic) bond motifs is 1. The number of likely N-dealkylation sites (N-methyl/N-ethyl adjacent to an activating group) is 1. The number of nitrogens with one attached hydrogen (secondary N) is 1. The smallest absolute Gasteiger partial charge is 0.269 e. The van der Waals surface area contributed by atoms with E-state index in [1.54, 1.807) is 12.1 Å². The van der Waals surface area contributed by atoms with Crippen LogP contribution in [0.25, 0.3) is 0 Å². The minimum Gasteiger partial charge on any atom is -0.355 e. The van der Waals surface area contributed by atoms with E-state index >= 15 is 0 Å². The van der Waals surface area contributed by atoms with E-state index < -0.39 is 27.9 Å². The Kier molecular flexibility index (Phi) is 8.26. The third-order valence-electron chi connectivity index (χ3n) is 6.50. The molecule has 0 aromatic heterocycles. The van der Waals surface area contributed by atoms with Crippen molar-refractivity contribution in [3.63, 3.8) is 0 Å². The molecular weight excluding hydrogens is 502 g/mol. The maximum absolute atomic E-state index is 13.7. The van der Waals surface area contributed by atoms with Crippen molar-refractivity contribution in [1.82, 2.24) is 14.5 Å². The molecule has 3 aromatic carbocycles. The molecular formula is C29H31N3O5S. The van der Waals surface area contributed by atoms with Gasteiger partial charge in [-0.05, 0) is 37.1 Å². The van der Waals surface area contributed by atoms with E-state index in [1.165, 1.54) is 17.0 Å². The summed E-state index contributed by atoms with van der Waals surface area (Å²) in [5.41, 5.74) is 2.84. The van der Waals surface area contributed by atoms with Crippen LogP contribution in [0.4, 0.5) is 0 Å². The van der Waals surface area contributed by atoms with Crippen molar-refractivity contribution in [3.8, 4) is 0 Å². The van der Waals surface area contributed by atoms with E-state index in [4.69, 9.17) is 0 Å². The molecule has 1 heterocycles. The van der Waals surface area contributed by atoms with Gasteiger partial charge in [0, 0.05) is 32.5 Å². The van der Waals surface area contributed by atoms with Gasteiger partial charge in [0.05, 0.1) is 5.56 Å². The maximum Gasteiger partial charge on any atom is 0.269 e. The van der Waals surface area contributed by atoms with E-state index in [1.807, 2.05) is 68.4 Å². The molecule has 4 rings (SSSR count). The van der Waals surface area contributed by atoms with Crippen LogP contribution in [0.1, 0.15) is 40.4 Å². The molecule has 0 saturated heterocycles. The summed E-state index contributed by atoms with van der Waals surface area (Å²) in [5.74, 6) is -1.37. The molecule has 0 fully saturated rings. The van der Waals surface area contributed by atoms with Crippen LogP contribution in [-0.4, -0.2) is 54.5 Å². The first kappa shape index (κ1) is 27.1. The monoisotopic (exact) mass is 533 g/mol. The van der Waals surface area contributed by atoms with Gasteiger partial charge in [0.15, 0.2) is 0 Å². The first-order chi connectivity index (χ1) is 18.2. The third-order valence-corrected chi connectivity index (χ3v) is 8.34. The van der Waals surface area contributed by atoms with Gasteiger partial charge in [0.25, 0.3) is 15.9 Å². The quantitative estimate of drug-likeness (QED) is 0.431. The van der Waals surface area contributed by atoms with Gasteiger partial charge in [-0.2, -0.15) is 0 Å². The van der Waals surface area contributed by atoms with E-state index in [0.717, 1.165) is 21.0 Å². The first-order valence-electron chi connectivity index (χ1n) is 12.5. The van der Waals surface area contributed by atoms with E-state index in [-0.39, 0.29) is 42.3 Å². The number of nitrogens with zero attached hydrogens (tertiary/aromatic N) is 2. The number of sulfonamides is 1. The summed E-state index contributed by atoms with van der Waals surface area (Å²) < 4.78 is 26.7. The lowest BCUT2D eigenvalue weighted by Crippen LogP contribution is -2.51. The first-order valence-corrected chi connectivity index (χ1v) is 14.0. The summed E-state index contributed by atoms with van der Waals surface area (Å²) in [4.78, 5) is 41.3. The van der Waals surface area contributed by atoms with E-state index in [0.29, 0.717) is 6.54 Å². The molecule has 198 valence electrons. The zero-order chi connectivity index (χ0) is 27.3. The number of benzene rings is 3. The Hall–Kier alpha value is -3.98. The summed E-state index contributed by atoms with van der Waals surface area (Å²) in [7, 11) is -4.04. The summed E-state index contributed by atoms with van der Waals surface area (Å²) in [6, 6.07) is 22.3. The van der Waals surface area contributed by atoms with Gasteiger partial charge in [-0.15, -0.1) is 0 Å². The fraction of sp³-hybridized carbons (Fsp3) is 0.276. The summed E-state index contributed by atoms with van der Waals surface area (Å²) >= 11 is 0. The zero-order valence-electron chi connectivity index (χ0n) is 21.5. The van der Waals surface area contributed by atoms with Gasteiger partial charge in [0.1, 0.15) is 10.9 Å². The Labute approximate surface area is 223 Å². The lowest BCUT2D eigenvalue weighted by atomic mass is 10.0. The number of amides is 3. The molecule has 1 aliphatic heterocycles. The van der Waals surface area contributed by atoms with Gasteiger partial charge < -0.3 is 10.2 Å². The Morgan fingerprint density at radius 3 is 2.32 bits per heavy atom. The average molecular weight is 534 g/mol. The topological polar surface area (TPSA) is 104 Å². The average Bonchev–Trinajstić information content (AvgIpc) is 3.10. The van der Waals surface area contributed by atoms with Crippen LogP contribution in [-0.2, 0) is 32.6 Å². The fourth-order valence-corrected chi connectivity index (χ4v) is 6.22. The maximum atomic E-state index is 13.7. The lowest BCUT2D eigenvalue weighted by molar-refractivity contribution is -0.141. The highest BCUT2D eigenvalue weighted by molar-refractivity contribution is 7.90. The van der Waals surface area contributed by atoms with E-state index in [2.05, 4.69) is 5.32 Å². The Bertz CT molecular complexity index is 1440. The number of carbonyl (C=O) groups is 3. The molecule has 3 aromatic rings. The Morgan fingerprint density at radius 2 is 1.63 bits per heavy atom. The van der Waals surface area contributed by atoms with Gasteiger partial charge in [-0.25, -0.2) is 12.7 Å².